The molecule has 0 aromatic heterocycles. The van der Waals surface area contributed by atoms with E-state index in [-0.39, 0.29) is 11.7 Å². The van der Waals surface area contributed by atoms with E-state index < -0.39 is 0 Å². The largest absolute Gasteiger partial charge is 0.495 e. The number of halogens is 2. The molecule has 0 aliphatic carbocycles. The fourth-order valence-electron chi connectivity index (χ4n) is 1.82. The van der Waals surface area contributed by atoms with Crippen molar-refractivity contribution >= 4 is 27.5 Å². The Balaban J connectivity index is 2.30. The van der Waals surface area contributed by atoms with Gasteiger partial charge < -0.3 is 10.1 Å². The molecular weight excluding hydrogens is 325 g/mol. The summed E-state index contributed by atoms with van der Waals surface area (Å²) in [5.41, 5.74) is 1.85. The Morgan fingerprint density at radius 2 is 1.90 bits per heavy atom. The molecule has 0 heterocycles. The van der Waals surface area contributed by atoms with Crippen LogP contribution < -0.4 is 10.1 Å². The summed E-state index contributed by atoms with van der Waals surface area (Å²) in [5, 5.41) is 2.79. The molecule has 0 fully saturated rings. The van der Waals surface area contributed by atoms with E-state index in [1.807, 2.05) is 13.0 Å². The third-order valence-electron chi connectivity index (χ3n) is 2.83. The van der Waals surface area contributed by atoms with Crippen LogP contribution in [0.1, 0.15) is 15.9 Å². The van der Waals surface area contributed by atoms with E-state index in [9.17, 15) is 9.18 Å². The van der Waals surface area contributed by atoms with Gasteiger partial charge in [-0.3, -0.25) is 4.79 Å². The van der Waals surface area contributed by atoms with Gasteiger partial charge in [0.25, 0.3) is 5.91 Å². The van der Waals surface area contributed by atoms with Crippen molar-refractivity contribution in [3.63, 3.8) is 0 Å². The van der Waals surface area contributed by atoms with Crippen LogP contribution in [0.2, 0.25) is 0 Å². The van der Waals surface area contributed by atoms with Gasteiger partial charge in [-0.1, -0.05) is 15.9 Å². The van der Waals surface area contributed by atoms with Gasteiger partial charge in [0.1, 0.15) is 11.6 Å². The average Bonchev–Trinajstić information content (AvgIpc) is 2.42. The molecule has 1 N–H and O–H groups in total. The van der Waals surface area contributed by atoms with Crippen molar-refractivity contribution in [3.05, 3.63) is 57.8 Å². The number of amides is 1. The van der Waals surface area contributed by atoms with E-state index in [4.69, 9.17) is 4.74 Å². The number of rotatable bonds is 3. The van der Waals surface area contributed by atoms with Crippen molar-refractivity contribution in [2.24, 2.45) is 0 Å². The summed E-state index contributed by atoms with van der Waals surface area (Å²) < 4.78 is 19.0. The van der Waals surface area contributed by atoms with Crippen molar-refractivity contribution < 1.29 is 13.9 Å². The lowest BCUT2D eigenvalue weighted by Crippen LogP contribution is -2.13. The minimum atomic E-state index is -0.376. The molecule has 0 saturated carbocycles. The fraction of sp³-hybridized carbons (Fsp3) is 0.133. The lowest BCUT2D eigenvalue weighted by molar-refractivity contribution is 0.102. The molecule has 1 amide bonds. The van der Waals surface area contributed by atoms with Crippen molar-refractivity contribution in [1.82, 2.24) is 0 Å². The minimum Gasteiger partial charge on any atom is -0.495 e. The Labute approximate surface area is 124 Å². The zero-order chi connectivity index (χ0) is 14.7. The maximum absolute atomic E-state index is 12.8. The highest BCUT2D eigenvalue weighted by atomic mass is 79.9. The lowest BCUT2D eigenvalue weighted by Gasteiger charge is -2.13. The molecule has 0 saturated heterocycles. The first-order chi connectivity index (χ1) is 9.51. The number of ether oxygens (including phenoxy) is 1. The zero-order valence-electron chi connectivity index (χ0n) is 11.0. The van der Waals surface area contributed by atoms with Crippen molar-refractivity contribution in [2.45, 2.75) is 6.92 Å². The van der Waals surface area contributed by atoms with Gasteiger partial charge in [-0.2, -0.15) is 0 Å². The molecule has 20 heavy (non-hydrogen) atoms. The Hall–Kier alpha value is -1.88. The van der Waals surface area contributed by atoms with E-state index in [0.717, 1.165) is 10.0 Å². The maximum atomic E-state index is 12.8. The molecule has 2 rings (SSSR count). The highest BCUT2D eigenvalue weighted by Gasteiger charge is 2.13. The normalized spacial score (nSPS) is 10.2. The van der Waals surface area contributed by atoms with Crippen LogP contribution in [0.4, 0.5) is 10.1 Å². The first-order valence-electron chi connectivity index (χ1n) is 5.92. The summed E-state index contributed by atoms with van der Waals surface area (Å²) in [7, 11) is 1.54. The molecule has 0 aliphatic rings. The van der Waals surface area contributed by atoms with E-state index in [0.29, 0.717) is 17.0 Å². The van der Waals surface area contributed by atoms with Gasteiger partial charge in [0.2, 0.25) is 0 Å². The van der Waals surface area contributed by atoms with Crippen LogP contribution in [0.3, 0.4) is 0 Å². The fourth-order valence-corrected chi connectivity index (χ4v) is 2.37. The monoisotopic (exact) mass is 337 g/mol. The molecule has 0 radical (unpaired) electrons. The molecule has 5 heteroatoms. The van der Waals surface area contributed by atoms with Crippen LogP contribution >= 0.6 is 15.9 Å². The SMILES string of the molecule is COc1cc(Br)cc(C)c1NC(=O)c1ccc(F)cc1. The Kier molecular flexibility index (Phi) is 4.39. The average molecular weight is 338 g/mol. The van der Waals surface area contributed by atoms with Crippen LogP contribution in [-0.2, 0) is 0 Å². The predicted molar refractivity (Wildman–Crippen MR) is 79.8 cm³/mol. The summed E-state index contributed by atoms with van der Waals surface area (Å²) in [6, 6.07) is 9.02. The molecule has 0 atom stereocenters. The molecule has 0 unspecified atom stereocenters. The summed E-state index contributed by atoms with van der Waals surface area (Å²) >= 11 is 3.37. The van der Waals surface area contributed by atoms with Crippen LogP contribution in [0.15, 0.2) is 40.9 Å². The molecule has 0 spiro atoms. The topological polar surface area (TPSA) is 38.3 Å². The van der Waals surface area contributed by atoms with Crippen molar-refractivity contribution in [1.29, 1.82) is 0 Å². The summed E-state index contributed by atoms with van der Waals surface area (Å²) in [5.74, 6) is -0.125. The van der Waals surface area contributed by atoms with Crippen LogP contribution in [0.5, 0.6) is 5.75 Å². The number of methoxy groups -OCH3 is 1. The van der Waals surface area contributed by atoms with Gasteiger partial charge in [-0.15, -0.1) is 0 Å². The minimum absolute atomic E-state index is 0.311. The standard InChI is InChI=1S/C15H13BrFNO2/c1-9-7-11(16)8-13(20-2)14(9)18-15(19)10-3-5-12(17)6-4-10/h3-8H,1-2H3,(H,18,19). The van der Waals surface area contributed by atoms with Crippen molar-refractivity contribution in [3.8, 4) is 5.75 Å². The van der Waals surface area contributed by atoms with Gasteiger partial charge in [-0.05, 0) is 48.9 Å². The molecule has 2 aromatic carbocycles. The first kappa shape index (κ1) is 14.5. The third-order valence-corrected chi connectivity index (χ3v) is 3.29. The number of carbonyl (C=O) groups is 1. The van der Waals surface area contributed by atoms with Crippen LogP contribution in [0, 0.1) is 12.7 Å². The van der Waals surface area contributed by atoms with Crippen LogP contribution in [-0.4, -0.2) is 13.0 Å². The van der Waals surface area contributed by atoms with Crippen molar-refractivity contribution in [2.75, 3.05) is 12.4 Å². The van der Waals surface area contributed by atoms with Gasteiger partial charge in [-0.25, -0.2) is 4.39 Å². The second kappa shape index (κ2) is 6.05. The molecular formula is C15H13BrFNO2. The third kappa shape index (κ3) is 3.17. The summed E-state index contributed by atoms with van der Waals surface area (Å²) in [4.78, 5) is 12.1. The number of hydrogen-bond donors (Lipinski definition) is 1. The van der Waals surface area contributed by atoms with E-state index >= 15 is 0 Å². The molecule has 104 valence electrons. The quantitative estimate of drug-likeness (QED) is 0.913. The number of anilines is 1. The second-order valence-electron chi connectivity index (χ2n) is 4.26. The van der Waals surface area contributed by atoms with E-state index in [1.165, 1.54) is 31.4 Å². The highest BCUT2D eigenvalue weighted by molar-refractivity contribution is 9.10. The van der Waals surface area contributed by atoms with E-state index in [1.54, 1.807) is 6.07 Å². The zero-order valence-corrected chi connectivity index (χ0v) is 12.6. The van der Waals surface area contributed by atoms with E-state index in [2.05, 4.69) is 21.2 Å². The number of hydrogen-bond acceptors (Lipinski definition) is 2. The highest BCUT2D eigenvalue weighted by Crippen LogP contribution is 2.32. The Morgan fingerprint density at radius 3 is 2.50 bits per heavy atom. The van der Waals surface area contributed by atoms with Gasteiger partial charge in [0, 0.05) is 10.0 Å². The summed E-state index contributed by atoms with van der Waals surface area (Å²) in [6.07, 6.45) is 0. The number of carbonyl (C=O) groups excluding carboxylic acids is 1. The predicted octanol–water partition coefficient (Wildman–Crippen LogP) is 4.16. The summed E-state index contributed by atoms with van der Waals surface area (Å²) in [6.45, 7) is 1.87. The number of benzene rings is 2. The first-order valence-corrected chi connectivity index (χ1v) is 6.71. The second-order valence-corrected chi connectivity index (χ2v) is 5.18. The van der Waals surface area contributed by atoms with Gasteiger partial charge >= 0.3 is 0 Å². The lowest BCUT2D eigenvalue weighted by atomic mass is 10.1. The van der Waals surface area contributed by atoms with Crippen LogP contribution in [0.25, 0.3) is 0 Å². The molecule has 0 bridgehead atoms. The Morgan fingerprint density at radius 1 is 1.25 bits per heavy atom. The molecule has 3 nitrogen and oxygen atoms in total. The Bertz CT molecular complexity index is 641. The van der Waals surface area contributed by atoms with Gasteiger partial charge in [0.15, 0.2) is 0 Å². The molecule has 2 aromatic rings. The molecule has 0 aliphatic heterocycles. The number of nitrogens with one attached hydrogen (secondary N) is 1. The maximum Gasteiger partial charge on any atom is 0.255 e. The smallest absolute Gasteiger partial charge is 0.255 e. The van der Waals surface area contributed by atoms with Gasteiger partial charge in [0.05, 0.1) is 12.8 Å². The number of aryl methyl sites for hydroxylation is 1.